The predicted octanol–water partition coefficient (Wildman–Crippen LogP) is 12.4. The van der Waals surface area contributed by atoms with E-state index in [4.69, 9.17) is 0 Å². The maximum Gasteiger partial charge on any atom is 0.0551 e. The fraction of sp³-hybridized carbons (Fsp3) is 0.0833. The largest absolute Gasteiger partial charge is 0.378 e. The number of hydrogen-bond acceptors (Lipinski definition) is 1. The molecule has 0 spiro atoms. The van der Waals surface area contributed by atoms with Crippen LogP contribution in [0, 0.1) is 0 Å². The van der Waals surface area contributed by atoms with Crippen LogP contribution in [0.5, 0.6) is 0 Å². The monoisotopic (exact) mass is 642 g/mol. The lowest BCUT2D eigenvalue weighted by atomic mass is 9.83. The Morgan fingerprint density at radius 2 is 1.10 bits per heavy atom. The molecule has 0 radical (unpaired) electrons. The zero-order valence-corrected chi connectivity index (χ0v) is 27.9. The normalized spacial score (nSPS) is 17.1. The average molecular weight is 643 g/mol. The van der Waals surface area contributed by atoms with Gasteiger partial charge in [0.05, 0.1) is 17.1 Å². The van der Waals surface area contributed by atoms with E-state index in [9.17, 15) is 0 Å². The molecule has 0 saturated heterocycles. The Morgan fingerprint density at radius 3 is 1.76 bits per heavy atom. The van der Waals surface area contributed by atoms with Gasteiger partial charge < -0.3 is 9.88 Å². The summed E-state index contributed by atoms with van der Waals surface area (Å²) in [4.78, 5) is 0. The number of aromatic nitrogens is 1. The molecule has 240 valence electrons. The summed E-state index contributed by atoms with van der Waals surface area (Å²) in [5.41, 5.74) is 13.6. The van der Waals surface area contributed by atoms with Gasteiger partial charge in [-0.3, -0.25) is 0 Å². The van der Waals surface area contributed by atoms with Crippen molar-refractivity contribution in [3.05, 3.63) is 205 Å². The van der Waals surface area contributed by atoms with E-state index in [0.717, 1.165) is 18.5 Å². The van der Waals surface area contributed by atoms with Crippen LogP contribution in [-0.2, 0) is 0 Å². The van der Waals surface area contributed by atoms with E-state index >= 15 is 0 Å². The first kappa shape index (κ1) is 30.0. The minimum Gasteiger partial charge on any atom is -0.378 e. The third kappa shape index (κ3) is 5.69. The standard InChI is InChI=1S/C48H38N2/c1-3-11-34(12-4-1)37-23-28-41(29-24-37)49-46-32-27-40(35-13-5-2-6-14-35)33-45(46)39-21-19-36(20-22-39)38-25-30-42(31-26-38)50-47-17-9-7-15-43(47)44-16-8-10-18-48(44)50/h2-3,5-33,45-46,49H,1,4H2. The van der Waals surface area contributed by atoms with Crippen molar-refractivity contribution in [1.29, 1.82) is 0 Å². The van der Waals surface area contributed by atoms with Gasteiger partial charge in [0.1, 0.15) is 0 Å². The van der Waals surface area contributed by atoms with Gasteiger partial charge in [-0.2, -0.15) is 0 Å². The number of nitrogens with zero attached hydrogens (tertiary/aromatic N) is 1. The molecule has 0 fully saturated rings. The van der Waals surface area contributed by atoms with Crippen molar-refractivity contribution in [3.63, 3.8) is 0 Å². The molecule has 2 unspecified atom stereocenters. The second-order valence-electron chi connectivity index (χ2n) is 13.3. The molecule has 0 amide bonds. The van der Waals surface area contributed by atoms with Crippen molar-refractivity contribution in [3.8, 4) is 16.8 Å². The van der Waals surface area contributed by atoms with Gasteiger partial charge in [-0.15, -0.1) is 0 Å². The van der Waals surface area contributed by atoms with Crippen LogP contribution in [-0.4, -0.2) is 10.6 Å². The molecule has 2 atom stereocenters. The minimum absolute atomic E-state index is 0.124. The fourth-order valence-electron chi connectivity index (χ4n) is 7.62. The number of nitrogens with one attached hydrogen (secondary N) is 1. The molecule has 50 heavy (non-hydrogen) atoms. The first-order chi connectivity index (χ1) is 24.8. The molecule has 1 heterocycles. The lowest BCUT2D eigenvalue weighted by molar-refractivity contribution is 0.759. The lowest BCUT2D eigenvalue weighted by Gasteiger charge is -2.29. The topological polar surface area (TPSA) is 17.0 Å². The molecule has 0 aliphatic heterocycles. The van der Waals surface area contributed by atoms with Gasteiger partial charge in [0.15, 0.2) is 0 Å². The SMILES string of the molecule is C1=CC(c2ccc(NC3C=CC(c4ccccc4)=CC3c3ccc(-c4ccc(-n5c6ccccc6c6ccccc65)cc4)cc3)cc2)=CCC1. The van der Waals surface area contributed by atoms with Crippen LogP contribution in [0.1, 0.15) is 35.4 Å². The van der Waals surface area contributed by atoms with E-state index in [1.165, 1.54) is 66.5 Å². The summed E-state index contributed by atoms with van der Waals surface area (Å²) in [5, 5.41) is 6.41. The minimum atomic E-state index is 0.124. The van der Waals surface area contributed by atoms with Crippen molar-refractivity contribution in [2.45, 2.75) is 24.8 Å². The quantitative estimate of drug-likeness (QED) is 0.183. The van der Waals surface area contributed by atoms with Gasteiger partial charge in [0, 0.05) is 28.1 Å². The van der Waals surface area contributed by atoms with Crippen molar-refractivity contribution < 1.29 is 0 Å². The van der Waals surface area contributed by atoms with Gasteiger partial charge in [-0.05, 0) is 88.2 Å². The fourth-order valence-corrected chi connectivity index (χ4v) is 7.62. The van der Waals surface area contributed by atoms with Crippen LogP contribution in [0.4, 0.5) is 5.69 Å². The zero-order chi connectivity index (χ0) is 33.3. The third-order valence-corrected chi connectivity index (χ3v) is 10.2. The first-order valence-electron chi connectivity index (χ1n) is 17.7. The molecule has 1 N–H and O–H groups in total. The maximum atomic E-state index is 3.85. The van der Waals surface area contributed by atoms with E-state index in [1.54, 1.807) is 0 Å². The summed E-state index contributed by atoms with van der Waals surface area (Å²) in [6.07, 6.45) is 16.1. The van der Waals surface area contributed by atoms with Gasteiger partial charge in [-0.1, -0.05) is 152 Å². The molecule has 1 aromatic heterocycles. The average Bonchev–Trinajstić information content (AvgIpc) is 3.54. The Labute approximate surface area is 294 Å². The summed E-state index contributed by atoms with van der Waals surface area (Å²) < 4.78 is 2.37. The van der Waals surface area contributed by atoms with Gasteiger partial charge in [0.25, 0.3) is 0 Å². The molecule has 0 bridgehead atoms. The van der Waals surface area contributed by atoms with Crippen LogP contribution in [0.2, 0.25) is 0 Å². The smallest absolute Gasteiger partial charge is 0.0551 e. The number of fused-ring (bicyclic) bond motifs is 3. The molecule has 9 rings (SSSR count). The van der Waals surface area contributed by atoms with Crippen molar-refractivity contribution >= 4 is 38.6 Å². The molecule has 7 aromatic rings. The van der Waals surface area contributed by atoms with Gasteiger partial charge in [-0.25, -0.2) is 0 Å². The van der Waals surface area contributed by atoms with Crippen molar-refractivity contribution in [1.82, 2.24) is 4.57 Å². The van der Waals surface area contributed by atoms with E-state index < -0.39 is 0 Å². The van der Waals surface area contributed by atoms with Crippen molar-refractivity contribution in [2.75, 3.05) is 5.32 Å². The highest BCUT2D eigenvalue weighted by molar-refractivity contribution is 6.09. The molecular weight excluding hydrogens is 605 g/mol. The molecular formula is C48H38N2. The molecule has 2 aliphatic carbocycles. The number of anilines is 1. The summed E-state index contributed by atoms with van der Waals surface area (Å²) in [6, 6.07) is 55.2. The van der Waals surface area contributed by atoms with Crippen LogP contribution < -0.4 is 5.32 Å². The number of para-hydroxylation sites is 2. The number of allylic oxidation sites excluding steroid dienone is 6. The Balaban J connectivity index is 1.00. The van der Waals surface area contributed by atoms with Crippen molar-refractivity contribution in [2.24, 2.45) is 0 Å². The molecule has 2 heteroatoms. The van der Waals surface area contributed by atoms with E-state index in [0.29, 0.717) is 0 Å². The van der Waals surface area contributed by atoms with Crippen LogP contribution in [0.3, 0.4) is 0 Å². The van der Waals surface area contributed by atoms with Gasteiger partial charge >= 0.3 is 0 Å². The van der Waals surface area contributed by atoms with Crippen LogP contribution >= 0.6 is 0 Å². The highest BCUT2D eigenvalue weighted by Crippen LogP contribution is 2.36. The number of rotatable bonds is 7. The summed E-state index contributed by atoms with van der Waals surface area (Å²) in [7, 11) is 0. The summed E-state index contributed by atoms with van der Waals surface area (Å²) in [5.74, 6) is 0.172. The molecule has 6 aromatic carbocycles. The molecule has 2 nitrogen and oxygen atoms in total. The van der Waals surface area contributed by atoms with Crippen LogP contribution in [0.25, 0.3) is 49.8 Å². The third-order valence-electron chi connectivity index (χ3n) is 10.2. The second-order valence-corrected chi connectivity index (χ2v) is 13.3. The van der Waals surface area contributed by atoms with E-state index in [2.05, 4.69) is 198 Å². The lowest BCUT2D eigenvalue weighted by Crippen LogP contribution is -2.26. The molecule has 0 saturated carbocycles. The number of benzene rings is 6. The molecule has 2 aliphatic rings. The summed E-state index contributed by atoms with van der Waals surface area (Å²) in [6.45, 7) is 0. The van der Waals surface area contributed by atoms with E-state index in [-0.39, 0.29) is 12.0 Å². The first-order valence-corrected chi connectivity index (χ1v) is 17.7. The highest BCUT2D eigenvalue weighted by Gasteiger charge is 2.24. The predicted molar refractivity (Wildman–Crippen MR) is 213 cm³/mol. The second kappa shape index (κ2) is 13.1. The Kier molecular flexibility index (Phi) is 7.83. The zero-order valence-electron chi connectivity index (χ0n) is 27.9. The van der Waals surface area contributed by atoms with Crippen LogP contribution in [0.15, 0.2) is 188 Å². The summed E-state index contributed by atoms with van der Waals surface area (Å²) >= 11 is 0. The highest BCUT2D eigenvalue weighted by atomic mass is 15.0. The maximum absolute atomic E-state index is 3.85. The Hall–Kier alpha value is -6.12. The number of hydrogen-bond donors (Lipinski definition) is 1. The van der Waals surface area contributed by atoms with E-state index in [1.807, 2.05) is 0 Å². The Bertz CT molecular complexity index is 2370. The Morgan fingerprint density at radius 1 is 0.500 bits per heavy atom. The van der Waals surface area contributed by atoms with Gasteiger partial charge in [0.2, 0.25) is 0 Å².